The van der Waals surface area contributed by atoms with Gasteiger partial charge in [-0.15, -0.1) is 0 Å². The molecule has 3 rings (SSSR count). The largest absolute Gasteiger partial charge is 0.481 e. The highest BCUT2D eigenvalue weighted by atomic mass is 19.1. The van der Waals surface area contributed by atoms with Gasteiger partial charge < -0.3 is 9.15 Å². The molecule has 0 aliphatic rings. The van der Waals surface area contributed by atoms with Crippen LogP contribution in [0.3, 0.4) is 0 Å². The molecular formula is C18H15FN2O4. The molecule has 2 amide bonds. The minimum atomic E-state index is -0.888. The van der Waals surface area contributed by atoms with E-state index in [0.717, 1.165) is 5.39 Å². The second-order valence-corrected chi connectivity index (χ2v) is 5.31. The predicted molar refractivity (Wildman–Crippen MR) is 88.3 cm³/mol. The van der Waals surface area contributed by atoms with Crippen molar-refractivity contribution in [2.24, 2.45) is 0 Å². The molecule has 0 aliphatic heterocycles. The number of amides is 2. The van der Waals surface area contributed by atoms with Crippen LogP contribution in [-0.4, -0.2) is 17.9 Å². The maximum atomic E-state index is 12.8. The lowest BCUT2D eigenvalue weighted by Crippen LogP contribution is -2.47. The van der Waals surface area contributed by atoms with Gasteiger partial charge in [0, 0.05) is 5.39 Å². The van der Waals surface area contributed by atoms with Gasteiger partial charge in [0.25, 0.3) is 5.91 Å². The first kappa shape index (κ1) is 16.5. The fraction of sp³-hybridized carbons (Fsp3) is 0.111. The number of carbonyl (C=O) groups excluding carboxylic acids is 2. The number of nitrogens with one attached hydrogen (secondary N) is 2. The van der Waals surface area contributed by atoms with Crippen LogP contribution in [0.15, 0.2) is 59.0 Å². The van der Waals surface area contributed by atoms with Gasteiger partial charge >= 0.3 is 5.91 Å². The standard InChI is InChI=1S/C18H15FN2O4/c1-11(24-14-8-6-13(19)7-9-14)17(22)20-21-18(23)16-10-12-4-2-3-5-15(12)25-16/h2-11H,1H3,(H,20,22)(H,21,23). The molecule has 128 valence electrons. The van der Waals surface area contributed by atoms with Gasteiger partial charge in [-0.2, -0.15) is 0 Å². The van der Waals surface area contributed by atoms with E-state index in [1.165, 1.54) is 31.2 Å². The summed E-state index contributed by atoms with van der Waals surface area (Å²) in [5.74, 6) is -1.13. The van der Waals surface area contributed by atoms with E-state index in [2.05, 4.69) is 10.9 Å². The highest BCUT2D eigenvalue weighted by Gasteiger charge is 2.17. The number of hydrogen-bond donors (Lipinski definition) is 2. The summed E-state index contributed by atoms with van der Waals surface area (Å²) in [5.41, 5.74) is 5.10. The van der Waals surface area contributed by atoms with Gasteiger partial charge in [-0.25, -0.2) is 4.39 Å². The van der Waals surface area contributed by atoms with Crippen LogP contribution in [0.2, 0.25) is 0 Å². The predicted octanol–water partition coefficient (Wildman–Crippen LogP) is 2.80. The second-order valence-electron chi connectivity index (χ2n) is 5.31. The molecule has 7 heteroatoms. The SMILES string of the molecule is CC(Oc1ccc(F)cc1)C(=O)NNC(=O)c1cc2ccccc2o1. The van der Waals surface area contributed by atoms with Crippen LogP contribution in [0.25, 0.3) is 11.0 Å². The zero-order valence-electron chi connectivity index (χ0n) is 13.3. The summed E-state index contributed by atoms with van der Waals surface area (Å²) in [5, 5.41) is 0.784. The molecular weight excluding hydrogens is 327 g/mol. The molecule has 0 spiro atoms. The third kappa shape index (κ3) is 3.95. The first-order valence-electron chi connectivity index (χ1n) is 7.54. The van der Waals surface area contributed by atoms with Crippen molar-refractivity contribution in [1.29, 1.82) is 0 Å². The highest BCUT2D eigenvalue weighted by Crippen LogP contribution is 2.18. The van der Waals surface area contributed by atoms with Gasteiger partial charge in [-0.05, 0) is 43.3 Å². The van der Waals surface area contributed by atoms with Crippen LogP contribution in [0.4, 0.5) is 4.39 Å². The number of furan rings is 1. The van der Waals surface area contributed by atoms with Crippen molar-refractivity contribution in [2.45, 2.75) is 13.0 Å². The Labute approximate surface area is 142 Å². The first-order chi connectivity index (χ1) is 12.0. The molecule has 6 nitrogen and oxygen atoms in total. The van der Waals surface area contributed by atoms with E-state index in [9.17, 15) is 14.0 Å². The average molecular weight is 342 g/mol. The number of benzene rings is 2. The lowest BCUT2D eigenvalue weighted by atomic mass is 10.2. The highest BCUT2D eigenvalue weighted by molar-refractivity contribution is 5.97. The molecule has 0 radical (unpaired) electrons. The Balaban J connectivity index is 1.55. The number of halogens is 1. The van der Waals surface area contributed by atoms with Crippen molar-refractivity contribution in [1.82, 2.24) is 10.9 Å². The van der Waals surface area contributed by atoms with Gasteiger partial charge in [-0.3, -0.25) is 20.4 Å². The molecule has 0 saturated carbocycles. The summed E-state index contributed by atoms with van der Waals surface area (Å²) in [6.07, 6.45) is -0.888. The molecule has 25 heavy (non-hydrogen) atoms. The molecule has 3 aromatic rings. The smallest absolute Gasteiger partial charge is 0.305 e. The van der Waals surface area contributed by atoms with Crippen LogP contribution in [0.5, 0.6) is 5.75 Å². The van der Waals surface area contributed by atoms with Gasteiger partial charge in [0.2, 0.25) is 0 Å². The minimum Gasteiger partial charge on any atom is -0.481 e. The number of para-hydroxylation sites is 1. The monoisotopic (exact) mass is 342 g/mol. The van der Waals surface area contributed by atoms with Gasteiger partial charge in [0.05, 0.1) is 0 Å². The summed E-state index contributed by atoms with van der Waals surface area (Å²) >= 11 is 0. The van der Waals surface area contributed by atoms with Crippen LogP contribution < -0.4 is 15.6 Å². The third-order valence-electron chi connectivity index (χ3n) is 3.44. The van der Waals surface area contributed by atoms with E-state index >= 15 is 0 Å². The number of hydrazine groups is 1. The second kappa shape index (κ2) is 7.04. The van der Waals surface area contributed by atoms with Gasteiger partial charge in [-0.1, -0.05) is 18.2 Å². The van der Waals surface area contributed by atoms with Crippen molar-refractivity contribution in [3.8, 4) is 5.75 Å². The lowest BCUT2D eigenvalue weighted by molar-refractivity contribution is -0.128. The van der Waals surface area contributed by atoms with Crippen molar-refractivity contribution >= 4 is 22.8 Å². The fourth-order valence-electron chi connectivity index (χ4n) is 2.15. The Kier molecular flexibility index (Phi) is 4.65. The summed E-state index contributed by atoms with van der Waals surface area (Å²) in [4.78, 5) is 24.0. The van der Waals surface area contributed by atoms with Crippen LogP contribution >= 0.6 is 0 Å². The Morgan fingerprint density at radius 3 is 2.52 bits per heavy atom. The zero-order chi connectivity index (χ0) is 17.8. The molecule has 0 aliphatic carbocycles. The fourth-order valence-corrected chi connectivity index (χ4v) is 2.15. The molecule has 1 atom stereocenters. The topological polar surface area (TPSA) is 80.6 Å². The first-order valence-corrected chi connectivity index (χ1v) is 7.54. The van der Waals surface area contributed by atoms with E-state index in [1.807, 2.05) is 12.1 Å². The van der Waals surface area contributed by atoms with Crippen LogP contribution in [0.1, 0.15) is 17.5 Å². The molecule has 1 heterocycles. The maximum Gasteiger partial charge on any atom is 0.305 e. The summed E-state index contributed by atoms with van der Waals surface area (Å²) in [6.45, 7) is 1.51. The number of fused-ring (bicyclic) bond motifs is 1. The minimum absolute atomic E-state index is 0.0774. The van der Waals surface area contributed by atoms with Crippen molar-refractivity contribution in [2.75, 3.05) is 0 Å². The maximum absolute atomic E-state index is 12.8. The number of ether oxygens (including phenoxy) is 1. The van der Waals surface area contributed by atoms with E-state index in [4.69, 9.17) is 9.15 Å². The lowest BCUT2D eigenvalue weighted by Gasteiger charge is -2.14. The van der Waals surface area contributed by atoms with E-state index < -0.39 is 23.7 Å². The molecule has 0 fully saturated rings. The van der Waals surface area contributed by atoms with Gasteiger partial charge in [0.15, 0.2) is 11.9 Å². The van der Waals surface area contributed by atoms with Crippen LogP contribution in [-0.2, 0) is 4.79 Å². The number of hydrogen-bond acceptors (Lipinski definition) is 4. The van der Waals surface area contributed by atoms with E-state index in [1.54, 1.807) is 18.2 Å². The molecule has 0 bridgehead atoms. The Hall–Kier alpha value is -3.35. The molecule has 1 unspecified atom stereocenters. The van der Waals surface area contributed by atoms with Crippen molar-refractivity contribution in [3.63, 3.8) is 0 Å². The number of carbonyl (C=O) groups is 2. The zero-order valence-corrected chi connectivity index (χ0v) is 13.3. The Morgan fingerprint density at radius 1 is 1.08 bits per heavy atom. The Morgan fingerprint density at radius 2 is 1.80 bits per heavy atom. The van der Waals surface area contributed by atoms with Gasteiger partial charge in [0.1, 0.15) is 17.1 Å². The van der Waals surface area contributed by atoms with Crippen molar-refractivity contribution in [3.05, 3.63) is 66.2 Å². The van der Waals surface area contributed by atoms with E-state index in [0.29, 0.717) is 11.3 Å². The van der Waals surface area contributed by atoms with Crippen LogP contribution in [0, 0.1) is 5.82 Å². The summed E-state index contributed by atoms with van der Waals surface area (Å²) in [7, 11) is 0. The summed E-state index contributed by atoms with van der Waals surface area (Å²) in [6, 6.07) is 14.0. The molecule has 2 N–H and O–H groups in total. The third-order valence-corrected chi connectivity index (χ3v) is 3.44. The number of rotatable bonds is 4. The quantitative estimate of drug-likeness (QED) is 0.715. The van der Waals surface area contributed by atoms with E-state index in [-0.39, 0.29) is 5.76 Å². The average Bonchev–Trinajstić information content (AvgIpc) is 3.05. The van der Waals surface area contributed by atoms with Crippen molar-refractivity contribution < 1.29 is 23.1 Å². The Bertz CT molecular complexity index is 872. The molecule has 1 aromatic heterocycles. The molecule has 2 aromatic carbocycles. The summed E-state index contributed by atoms with van der Waals surface area (Å²) < 4.78 is 23.6. The normalized spacial score (nSPS) is 11.8. The molecule has 0 saturated heterocycles.